The van der Waals surface area contributed by atoms with Crippen molar-refractivity contribution in [2.75, 3.05) is 34.0 Å². The first kappa shape index (κ1) is 20.0. The molecule has 0 saturated carbocycles. The third-order valence-electron chi connectivity index (χ3n) is 3.62. The SMILES string of the molecule is COc1ccc(CNC(=O)NCC(OCCO)c2cccs2)cc1OC. The van der Waals surface area contributed by atoms with Gasteiger partial charge in [0.05, 0.1) is 34.0 Å². The minimum atomic E-state index is -0.297. The number of aliphatic hydroxyl groups is 1. The van der Waals surface area contributed by atoms with Gasteiger partial charge in [-0.3, -0.25) is 0 Å². The Morgan fingerprint density at radius 1 is 1.19 bits per heavy atom. The van der Waals surface area contributed by atoms with E-state index in [1.165, 1.54) is 0 Å². The smallest absolute Gasteiger partial charge is 0.315 e. The van der Waals surface area contributed by atoms with Gasteiger partial charge in [0.1, 0.15) is 6.10 Å². The summed E-state index contributed by atoms with van der Waals surface area (Å²) in [6.45, 7) is 0.830. The maximum Gasteiger partial charge on any atom is 0.315 e. The van der Waals surface area contributed by atoms with Gasteiger partial charge >= 0.3 is 6.03 Å². The van der Waals surface area contributed by atoms with Crippen LogP contribution in [0.3, 0.4) is 0 Å². The lowest BCUT2D eigenvalue weighted by molar-refractivity contribution is 0.0314. The van der Waals surface area contributed by atoms with Crippen molar-refractivity contribution in [2.45, 2.75) is 12.6 Å². The number of urea groups is 1. The predicted octanol–water partition coefficient (Wildman–Crippen LogP) is 2.31. The van der Waals surface area contributed by atoms with E-state index in [0.29, 0.717) is 24.6 Å². The van der Waals surface area contributed by atoms with Crippen LogP contribution in [0.1, 0.15) is 16.5 Å². The molecule has 0 aliphatic rings. The number of rotatable bonds is 10. The zero-order valence-electron chi connectivity index (χ0n) is 14.9. The van der Waals surface area contributed by atoms with Crippen LogP contribution in [0.15, 0.2) is 35.7 Å². The highest BCUT2D eigenvalue weighted by Gasteiger charge is 2.14. The molecule has 2 rings (SSSR count). The van der Waals surface area contributed by atoms with Gasteiger partial charge in [0, 0.05) is 11.4 Å². The van der Waals surface area contributed by atoms with Gasteiger partial charge < -0.3 is 30.0 Å². The van der Waals surface area contributed by atoms with Crippen molar-refractivity contribution in [3.63, 3.8) is 0 Å². The number of carbonyl (C=O) groups is 1. The van der Waals surface area contributed by atoms with Crippen LogP contribution in [0.25, 0.3) is 0 Å². The summed E-state index contributed by atoms with van der Waals surface area (Å²) in [5, 5.41) is 16.5. The van der Waals surface area contributed by atoms with Crippen LogP contribution >= 0.6 is 11.3 Å². The fraction of sp³-hybridized carbons (Fsp3) is 0.389. The zero-order valence-corrected chi connectivity index (χ0v) is 15.7. The number of amides is 2. The summed E-state index contributed by atoms with van der Waals surface area (Å²) in [7, 11) is 3.14. The van der Waals surface area contributed by atoms with E-state index in [2.05, 4.69) is 10.6 Å². The molecule has 0 saturated heterocycles. The average molecular weight is 380 g/mol. The molecule has 0 fully saturated rings. The van der Waals surface area contributed by atoms with E-state index in [0.717, 1.165) is 10.4 Å². The first-order valence-electron chi connectivity index (χ1n) is 8.16. The third kappa shape index (κ3) is 5.91. The second kappa shape index (κ2) is 10.6. The lowest BCUT2D eigenvalue weighted by atomic mass is 10.2. The third-order valence-corrected chi connectivity index (χ3v) is 4.58. The van der Waals surface area contributed by atoms with Crippen LogP contribution in [-0.4, -0.2) is 45.1 Å². The van der Waals surface area contributed by atoms with Crippen LogP contribution in [0.2, 0.25) is 0 Å². The van der Waals surface area contributed by atoms with E-state index in [-0.39, 0.29) is 25.3 Å². The van der Waals surface area contributed by atoms with Crippen LogP contribution in [0.4, 0.5) is 4.79 Å². The first-order chi connectivity index (χ1) is 12.7. The summed E-state index contributed by atoms with van der Waals surface area (Å²) in [4.78, 5) is 13.1. The maximum atomic E-state index is 12.1. The maximum absolute atomic E-state index is 12.1. The molecule has 142 valence electrons. The molecule has 3 N–H and O–H groups in total. The molecular formula is C18H24N2O5S. The molecule has 0 bridgehead atoms. The number of methoxy groups -OCH3 is 2. The van der Waals surface area contributed by atoms with Crippen LogP contribution < -0.4 is 20.1 Å². The van der Waals surface area contributed by atoms with Crippen molar-refractivity contribution >= 4 is 17.4 Å². The van der Waals surface area contributed by atoms with Gasteiger partial charge in [0.2, 0.25) is 0 Å². The monoisotopic (exact) mass is 380 g/mol. The Hall–Kier alpha value is -2.29. The predicted molar refractivity (Wildman–Crippen MR) is 99.9 cm³/mol. The quantitative estimate of drug-likeness (QED) is 0.589. The van der Waals surface area contributed by atoms with Crippen molar-refractivity contribution in [2.24, 2.45) is 0 Å². The van der Waals surface area contributed by atoms with Crippen molar-refractivity contribution in [1.82, 2.24) is 10.6 Å². The Bertz CT molecular complexity index is 678. The van der Waals surface area contributed by atoms with E-state index >= 15 is 0 Å². The highest BCUT2D eigenvalue weighted by Crippen LogP contribution is 2.27. The fourth-order valence-corrected chi connectivity index (χ4v) is 3.11. The van der Waals surface area contributed by atoms with E-state index in [1.54, 1.807) is 31.6 Å². The molecular weight excluding hydrogens is 356 g/mol. The molecule has 0 radical (unpaired) electrons. The summed E-state index contributed by atoms with van der Waals surface area (Å²) < 4.78 is 16.0. The standard InChI is InChI=1S/C18H24N2O5S/c1-23-14-6-5-13(10-15(14)24-2)11-19-18(22)20-12-16(25-8-7-21)17-4-3-9-26-17/h3-6,9-10,16,21H,7-8,11-12H2,1-2H3,(H2,19,20,22). The van der Waals surface area contributed by atoms with Gasteiger partial charge in [-0.25, -0.2) is 4.79 Å². The summed E-state index contributed by atoms with van der Waals surface area (Å²) in [6, 6.07) is 9.04. The van der Waals surface area contributed by atoms with Gasteiger partial charge in [0.15, 0.2) is 11.5 Å². The molecule has 0 aliphatic carbocycles. The van der Waals surface area contributed by atoms with Gasteiger partial charge in [-0.2, -0.15) is 0 Å². The molecule has 2 aromatic rings. The summed E-state index contributed by atoms with van der Waals surface area (Å²) >= 11 is 1.55. The molecule has 0 spiro atoms. The highest BCUT2D eigenvalue weighted by atomic mass is 32.1. The fourth-order valence-electron chi connectivity index (χ4n) is 2.33. The lowest BCUT2D eigenvalue weighted by Crippen LogP contribution is -2.37. The number of thiophene rings is 1. The summed E-state index contributed by atoms with van der Waals surface area (Å²) in [5.74, 6) is 1.25. The van der Waals surface area contributed by atoms with Crippen LogP contribution in [0.5, 0.6) is 11.5 Å². The topological polar surface area (TPSA) is 89.1 Å². The molecule has 2 amide bonds. The highest BCUT2D eigenvalue weighted by molar-refractivity contribution is 7.10. The van der Waals surface area contributed by atoms with E-state index in [4.69, 9.17) is 19.3 Å². The van der Waals surface area contributed by atoms with Gasteiger partial charge in [-0.15, -0.1) is 11.3 Å². The molecule has 8 heteroatoms. The minimum Gasteiger partial charge on any atom is -0.493 e. The number of nitrogens with one attached hydrogen (secondary N) is 2. The molecule has 1 heterocycles. The Morgan fingerprint density at radius 2 is 2.00 bits per heavy atom. The number of carbonyl (C=O) groups excluding carboxylic acids is 1. The van der Waals surface area contributed by atoms with E-state index in [9.17, 15) is 4.79 Å². The van der Waals surface area contributed by atoms with Crippen molar-refractivity contribution < 1.29 is 24.1 Å². The number of aliphatic hydroxyl groups excluding tert-OH is 1. The number of benzene rings is 1. The van der Waals surface area contributed by atoms with Gasteiger partial charge in [-0.1, -0.05) is 12.1 Å². The molecule has 1 aromatic heterocycles. The van der Waals surface area contributed by atoms with Gasteiger partial charge in [-0.05, 0) is 29.1 Å². The molecule has 26 heavy (non-hydrogen) atoms. The molecule has 1 aromatic carbocycles. The van der Waals surface area contributed by atoms with Gasteiger partial charge in [0.25, 0.3) is 0 Å². The molecule has 1 unspecified atom stereocenters. The summed E-state index contributed by atoms with van der Waals surface area (Å²) in [6.07, 6.45) is -0.283. The number of hydrogen-bond donors (Lipinski definition) is 3. The molecule has 7 nitrogen and oxygen atoms in total. The second-order valence-electron chi connectivity index (χ2n) is 5.35. The Morgan fingerprint density at radius 3 is 2.65 bits per heavy atom. The Labute approximate surface area is 156 Å². The normalized spacial score (nSPS) is 11.7. The lowest BCUT2D eigenvalue weighted by Gasteiger charge is -2.17. The van der Waals surface area contributed by atoms with Crippen LogP contribution in [-0.2, 0) is 11.3 Å². The first-order valence-corrected chi connectivity index (χ1v) is 9.04. The molecule has 0 aliphatic heterocycles. The number of ether oxygens (including phenoxy) is 3. The van der Waals surface area contributed by atoms with Crippen molar-refractivity contribution in [3.05, 3.63) is 46.2 Å². The minimum absolute atomic E-state index is 0.0621. The van der Waals surface area contributed by atoms with Crippen LogP contribution in [0, 0.1) is 0 Å². The summed E-state index contributed by atoms with van der Waals surface area (Å²) in [5.41, 5.74) is 0.893. The average Bonchev–Trinajstić information content (AvgIpc) is 3.20. The van der Waals surface area contributed by atoms with E-state index in [1.807, 2.05) is 29.6 Å². The Kier molecular flexibility index (Phi) is 8.20. The van der Waals surface area contributed by atoms with Crippen molar-refractivity contribution in [3.8, 4) is 11.5 Å². The molecule has 1 atom stereocenters. The van der Waals surface area contributed by atoms with E-state index < -0.39 is 0 Å². The van der Waals surface area contributed by atoms with Crippen molar-refractivity contribution in [1.29, 1.82) is 0 Å². The Balaban J connectivity index is 1.84. The second-order valence-corrected chi connectivity index (χ2v) is 6.33. The zero-order chi connectivity index (χ0) is 18.8. The number of hydrogen-bond acceptors (Lipinski definition) is 6. The largest absolute Gasteiger partial charge is 0.493 e.